The Morgan fingerprint density at radius 2 is 2.45 bits per heavy atom. The number of amides is 1. The third-order valence-electron chi connectivity index (χ3n) is 1.53. The van der Waals surface area contributed by atoms with Crippen molar-refractivity contribution in [2.45, 2.75) is 13.0 Å². The van der Waals surface area contributed by atoms with E-state index in [1.165, 1.54) is 10.8 Å². The Morgan fingerprint density at radius 1 is 1.82 bits per heavy atom. The molecule has 4 N–H and O–H groups in total. The summed E-state index contributed by atoms with van der Waals surface area (Å²) in [5, 5.41) is 0. The minimum absolute atomic E-state index is 0.302. The van der Waals surface area contributed by atoms with Crippen LogP contribution in [0.15, 0.2) is 12.4 Å². The summed E-state index contributed by atoms with van der Waals surface area (Å²) in [6.45, 7) is 1.67. The van der Waals surface area contributed by atoms with Gasteiger partial charge in [-0.15, -0.1) is 0 Å². The molecular formula is C6H10N4O. The number of anilines is 1. The number of aromatic nitrogens is 2. The highest BCUT2D eigenvalue weighted by atomic mass is 16.1. The molecule has 1 amide bonds. The highest BCUT2D eigenvalue weighted by Gasteiger charge is 2.11. The van der Waals surface area contributed by atoms with E-state index >= 15 is 0 Å². The van der Waals surface area contributed by atoms with E-state index in [4.69, 9.17) is 11.5 Å². The number of primary amides is 1. The monoisotopic (exact) mass is 154 g/mol. The Kier molecular flexibility index (Phi) is 1.80. The summed E-state index contributed by atoms with van der Waals surface area (Å²) in [4.78, 5) is 14.4. The first kappa shape index (κ1) is 7.59. The zero-order chi connectivity index (χ0) is 8.43. The topological polar surface area (TPSA) is 86.9 Å². The van der Waals surface area contributed by atoms with Gasteiger partial charge < -0.3 is 16.0 Å². The van der Waals surface area contributed by atoms with Gasteiger partial charge in [-0.3, -0.25) is 4.79 Å². The number of imidazole rings is 1. The molecule has 0 aliphatic carbocycles. The van der Waals surface area contributed by atoms with Crippen LogP contribution in [0.2, 0.25) is 0 Å². The summed E-state index contributed by atoms with van der Waals surface area (Å²) in [6.07, 6.45) is 3.14. The molecule has 1 unspecified atom stereocenters. The van der Waals surface area contributed by atoms with Crippen LogP contribution in [0.1, 0.15) is 13.0 Å². The summed E-state index contributed by atoms with van der Waals surface area (Å²) in [7, 11) is 0. The Labute approximate surface area is 64.0 Å². The van der Waals surface area contributed by atoms with Crippen molar-refractivity contribution in [3.8, 4) is 0 Å². The average Bonchev–Trinajstić information content (AvgIpc) is 2.33. The lowest BCUT2D eigenvalue weighted by atomic mass is 10.3. The molecule has 1 atom stereocenters. The molecule has 1 aromatic rings. The molecule has 0 aromatic carbocycles. The second kappa shape index (κ2) is 2.61. The van der Waals surface area contributed by atoms with E-state index in [1.807, 2.05) is 0 Å². The Balaban J connectivity index is 2.92. The third kappa shape index (κ3) is 1.31. The lowest BCUT2D eigenvalue weighted by Gasteiger charge is -2.09. The molecule has 5 heteroatoms. The maximum atomic E-state index is 10.7. The van der Waals surface area contributed by atoms with Crippen LogP contribution in [-0.4, -0.2) is 15.5 Å². The third-order valence-corrected chi connectivity index (χ3v) is 1.53. The predicted molar refractivity (Wildman–Crippen MR) is 40.5 cm³/mol. The number of nitrogens with zero attached hydrogens (tertiary/aromatic N) is 2. The zero-order valence-corrected chi connectivity index (χ0v) is 6.19. The summed E-state index contributed by atoms with van der Waals surface area (Å²) < 4.78 is 1.52. The van der Waals surface area contributed by atoms with Crippen molar-refractivity contribution in [1.82, 2.24) is 9.55 Å². The quantitative estimate of drug-likeness (QED) is 0.602. The first-order valence-corrected chi connectivity index (χ1v) is 3.20. The summed E-state index contributed by atoms with van der Waals surface area (Å²) in [5.41, 5.74) is 10.5. The van der Waals surface area contributed by atoms with Gasteiger partial charge in [-0.2, -0.15) is 0 Å². The smallest absolute Gasteiger partial charge is 0.240 e. The van der Waals surface area contributed by atoms with Crippen molar-refractivity contribution in [3.05, 3.63) is 12.4 Å². The van der Waals surface area contributed by atoms with Gasteiger partial charge in [0.15, 0.2) is 0 Å². The van der Waals surface area contributed by atoms with Crippen molar-refractivity contribution in [1.29, 1.82) is 0 Å². The van der Waals surface area contributed by atoms with Gasteiger partial charge in [0.1, 0.15) is 6.04 Å². The normalized spacial score (nSPS) is 12.8. The standard InChI is InChI=1S/C6H10N4O/c1-4(5(7)11)10-3-2-9-6(10)8/h2-4H,1H3,(H2,7,11)(H2,8,9). The number of carbonyl (C=O) groups is 1. The Bertz CT molecular complexity index is 267. The molecule has 60 valence electrons. The van der Waals surface area contributed by atoms with Gasteiger partial charge in [0.05, 0.1) is 0 Å². The molecule has 0 aliphatic heterocycles. The van der Waals surface area contributed by atoms with Crippen molar-refractivity contribution in [2.75, 3.05) is 5.73 Å². The minimum atomic E-state index is -0.433. The number of nitrogens with two attached hydrogens (primary N) is 2. The molecule has 5 nitrogen and oxygen atoms in total. The van der Waals surface area contributed by atoms with Crippen LogP contribution in [0.5, 0.6) is 0 Å². The number of hydrogen-bond donors (Lipinski definition) is 2. The summed E-state index contributed by atoms with van der Waals surface area (Å²) in [6, 6.07) is -0.433. The van der Waals surface area contributed by atoms with Crippen LogP contribution in [0.25, 0.3) is 0 Å². The highest BCUT2D eigenvalue weighted by Crippen LogP contribution is 2.08. The van der Waals surface area contributed by atoms with Crippen molar-refractivity contribution in [3.63, 3.8) is 0 Å². The fourth-order valence-corrected chi connectivity index (χ4v) is 0.789. The first-order chi connectivity index (χ1) is 5.13. The minimum Gasteiger partial charge on any atom is -0.369 e. The van der Waals surface area contributed by atoms with Gasteiger partial charge in [0, 0.05) is 12.4 Å². The molecule has 0 aliphatic rings. The number of hydrogen-bond acceptors (Lipinski definition) is 3. The lowest BCUT2D eigenvalue weighted by molar-refractivity contribution is -0.120. The molecule has 0 spiro atoms. The van der Waals surface area contributed by atoms with Crippen molar-refractivity contribution >= 4 is 11.9 Å². The Hall–Kier alpha value is -1.52. The predicted octanol–water partition coefficient (Wildman–Crippen LogP) is -0.488. The molecule has 11 heavy (non-hydrogen) atoms. The van der Waals surface area contributed by atoms with Gasteiger partial charge in [0.25, 0.3) is 0 Å². The van der Waals surface area contributed by atoms with E-state index in [9.17, 15) is 4.79 Å². The van der Waals surface area contributed by atoms with E-state index in [0.29, 0.717) is 5.95 Å². The van der Waals surface area contributed by atoms with Crippen LogP contribution >= 0.6 is 0 Å². The number of carbonyl (C=O) groups excluding carboxylic acids is 1. The molecule has 0 saturated heterocycles. The van der Waals surface area contributed by atoms with Crippen LogP contribution in [0, 0.1) is 0 Å². The van der Waals surface area contributed by atoms with E-state index < -0.39 is 11.9 Å². The maximum absolute atomic E-state index is 10.7. The summed E-state index contributed by atoms with van der Waals surface area (Å²) in [5.74, 6) is -0.119. The second-order valence-corrected chi connectivity index (χ2v) is 2.27. The van der Waals surface area contributed by atoms with E-state index in [0.717, 1.165) is 0 Å². The zero-order valence-electron chi connectivity index (χ0n) is 6.19. The van der Waals surface area contributed by atoms with Crippen molar-refractivity contribution < 1.29 is 4.79 Å². The largest absolute Gasteiger partial charge is 0.369 e. The van der Waals surface area contributed by atoms with Gasteiger partial charge in [-0.25, -0.2) is 4.98 Å². The summed E-state index contributed by atoms with van der Waals surface area (Å²) >= 11 is 0. The van der Waals surface area contributed by atoms with E-state index in [-0.39, 0.29) is 0 Å². The fraction of sp³-hybridized carbons (Fsp3) is 0.333. The van der Waals surface area contributed by atoms with E-state index in [2.05, 4.69) is 4.98 Å². The van der Waals surface area contributed by atoms with Gasteiger partial charge in [-0.05, 0) is 6.92 Å². The van der Waals surface area contributed by atoms with Gasteiger partial charge in [0.2, 0.25) is 11.9 Å². The van der Waals surface area contributed by atoms with Crippen LogP contribution < -0.4 is 11.5 Å². The maximum Gasteiger partial charge on any atom is 0.240 e. The van der Waals surface area contributed by atoms with Gasteiger partial charge >= 0.3 is 0 Å². The number of nitrogen functional groups attached to an aromatic ring is 1. The molecule has 0 radical (unpaired) electrons. The molecule has 0 saturated carbocycles. The van der Waals surface area contributed by atoms with Gasteiger partial charge in [-0.1, -0.05) is 0 Å². The average molecular weight is 154 g/mol. The molecule has 0 bridgehead atoms. The molecule has 0 fully saturated rings. The molecular weight excluding hydrogens is 144 g/mol. The molecule has 1 aromatic heterocycles. The SMILES string of the molecule is CC(C(N)=O)n1ccnc1N. The molecule has 1 rings (SSSR count). The van der Waals surface area contributed by atoms with Crippen LogP contribution in [0.4, 0.5) is 5.95 Å². The van der Waals surface area contributed by atoms with E-state index in [1.54, 1.807) is 13.1 Å². The van der Waals surface area contributed by atoms with Crippen molar-refractivity contribution in [2.24, 2.45) is 5.73 Å². The number of rotatable bonds is 2. The fourth-order valence-electron chi connectivity index (χ4n) is 0.789. The highest BCUT2D eigenvalue weighted by molar-refractivity contribution is 5.78. The lowest BCUT2D eigenvalue weighted by Crippen LogP contribution is -2.24. The molecule has 1 heterocycles. The first-order valence-electron chi connectivity index (χ1n) is 3.20. The van der Waals surface area contributed by atoms with Crippen LogP contribution in [-0.2, 0) is 4.79 Å². The second-order valence-electron chi connectivity index (χ2n) is 2.27. The Morgan fingerprint density at radius 3 is 2.82 bits per heavy atom. The van der Waals surface area contributed by atoms with Crippen LogP contribution in [0.3, 0.4) is 0 Å².